The number of hydrogen-bond acceptors (Lipinski definition) is 2. The van der Waals surface area contributed by atoms with Crippen molar-refractivity contribution in [2.24, 2.45) is 0 Å². The Balaban J connectivity index is 2.87. The maximum absolute atomic E-state index is 13.1. The molecule has 8 heteroatoms. The van der Waals surface area contributed by atoms with Crippen LogP contribution in [0.5, 0.6) is 0 Å². The number of pyridine rings is 1. The smallest absolute Gasteiger partial charge is 0.383 e. The van der Waals surface area contributed by atoms with Gasteiger partial charge in [0.1, 0.15) is 5.82 Å². The van der Waals surface area contributed by atoms with Crippen LogP contribution in [0.1, 0.15) is 5.56 Å². The van der Waals surface area contributed by atoms with Gasteiger partial charge in [0.25, 0.3) is 0 Å². The lowest BCUT2D eigenvalue weighted by Crippen LogP contribution is -2.10. The minimum atomic E-state index is -4.62. The molecule has 0 unspecified atom stereocenters. The Morgan fingerprint density at radius 2 is 1.55 bits per heavy atom. The Morgan fingerprint density at radius 3 is 2.15 bits per heavy atom. The van der Waals surface area contributed by atoms with E-state index in [0.29, 0.717) is 0 Å². The normalized spacial score (nSPS) is 11.7. The Morgan fingerprint density at radius 1 is 0.950 bits per heavy atom. The molecule has 0 aliphatic heterocycles. The van der Waals surface area contributed by atoms with Crippen molar-refractivity contribution < 1.29 is 13.2 Å². The third-order valence-electron chi connectivity index (χ3n) is 2.58. The van der Waals surface area contributed by atoms with Crippen LogP contribution < -0.4 is 5.73 Å². The number of nitrogen functional groups attached to an aromatic ring is 1. The second kappa shape index (κ2) is 5.31. The number of rotatable bonds is 1. The van der Waals surface area contributed by atoms with Crippen LogP contribution >= 0.6 is 34.8 Å². The highest BCUT2D eigenvalue weighted by molar-refractivity contribution is 6.46. The Labute approximate surface area is 127 Å². The van der Waals surface area contributed by atoms with Gasteiger partial charge < -0.3 is 5.73 Å². The highest BCUT2D eigenvalue weighted by Gasteiger charge is 2.36. The van der Waals surface area contributed by atoms with Crippen molar-refractivity contribution in [3.05, 3.63) is 45.0 Å². The first-order valence-corrected chi connectivity index (χ1v) is 6.32. The number of aromatic nitrogens is 1. The van der Waals surface area contributed by atoms with E-state index in [1.54, 1.807) is 0 Å². The van der Waals surface area contributed by atoms with Gasteiger partial charge in [-0.05, 0) is 18.2 Å². The number of anilines is 1. The van der Waals surface area contributed by atoms with Gasteiger partial charge in [0.05, 0.1) is 20.6 Å². The largest absolute Gasteiger partial charge is 0.417 e. The number of nitrogens with two attached hydrogens (primary N) is 1. The molecule has 0 fully saturated rings. The summed E-state index contributed by atoms with van der Waals surface area (Å²) < 4.78 is 39.2. The monoisotopic (exact) mass is 340 g/mol. The molecule has 0 saturated heterocycles. The van der Waals surface area contributed by atoms with Crippen molar-refractivity contribution in [1.82, 2.24) is 4.98 Å². The van der Waals surface area contributed by atoms with Gasteiger partial charge in [-0.25, -0.2) is 4.98 Å². The Bertz CT molecular complexity index is 672. The molecule has 2 nitrogen and oxygen atoms in total. The first kappa shape index (κ1) is 15.2. The quantitative estimate of drug-likeness (QED) is 0.714. The van der Waals surface area contributed by atoms with E-state index in [1.165, 1.54) is 12.1 Å². The fraction of sp³-hybridized carbons (Fsp3) is 0.0833. The van der Waals surface area contributed by atoms with E-state index < -0.39 is 11.7 Å². The fourth-order valence-electron chi connectivity index (χ4n) is 1.73. The predicted octanol–water partition coefficient (Wildman–Crippen LogP) is 5.31. The average molecular weight is 342 g/mol. The first-order chi connectivity index (χ1) is 9.23. The summed E-state index contributed by atoms with van der Waals surface area (Å²) >= 11 is 17.7. The Hall–Kier alpha value is -1.17. The summed E-state index contributed by atoms with van der Waals surface area (Å²) in [7, 11) is 0. The summed E-state index contributed by atoms with van der Waals surface area (Å²) in [5, 5.41) is -0.0311. The number of halogens is 6. The van der Waals surface area contributed by atoms with Crippen molar-refractivity contribution in [2.45, 2.75) is 6.18 Å². The summed E-state index contributed by atoms with van der Waals surface area (Å²) in [6.07, 6.45) is -3.66. The van der Waals surface area contributed by atoms with Crippen LogP contribution in [0.15, 0.2) is 24.4 Å². The van der Waals surface area contributed by atoms with Crippen LogP contribution in [0.25, 0.3) is 11.1 Å². The molecule has 2 N–H and O–H groups in total. The third kappa shape index (κ3) is 2.66. The van der Waals surface area contributed by atoms with E-state index in [9.17, 15) is 13.2 Å². The molecule has 0 aliphatic carbocycles. The van der Waals surface area contributed by atoms with Crippen LogP contribution in [0, 0.1) is 0 Å². The van der Waals surface area contributed by atoms with E-state index in [2.05, 4.69) is 4.98 Å². The second-order valence-electron chi connectivity index (χ2n) is 3.83. The minimum absolute atomic E-state index is 0.00426. The molecule has 0 spiro atoms. The van der Waals surface area contributed by atoms with E-state index in [4.69, 9.17) is 40.5 Å². The number of benzene rings is 1. The van der Waals surface area contributed by atoms with Crippen molar-refractivity contribution in [3.8, 4) is 11.1 Å². The lowest BCUT2D eigenvalue weighted by Gasteiger charge is -2.16. The highest BCUT2D eigenvalue weighted by atomic mass is 35.5. The van der Waals surface area contributed by atoms with Gasteiger partial charge >= 0.3 is 6.18 Å². The molecule has 1 aromatic heterocycles. The highest BCUT2D eigenvalue weighted by Crippen LogP contribution is 2.46. The van der Waals surface area contributed by atoms with Crippen molar-refractivity contribution in [2.75, 3.05) is 5.73 Å². The first-order valence-electron chi connectivity index (χ1n) is 5.19. The molecule has 1 heterocycles. The van der Waals surface area contributed by atoms with E-state index in [-0.39, 0.29) is 32.0 Å². The van der Waals surface area contributed by atoms with Gasteiger partial charge in [-0.2, -0.15) is 13.2 Å². The summed E-state index contributed by atoms with van der Waals surface area (Å²) in [4.78, 5) is 3.66. The molecule has 1 aromatic carbocycles. The molecule has 0 saturated carbocycles. The molecule has 2 aromatic rings. The number of nitrogens with zero attached hydrogens (tertiary/aromatic N) is 1. The third-order valence-corrected chi connectivity index (χ3v) is 3.70. The summed E-state index contributed by atoms with van der Waals surface area (Å²) in [6, 6.07) is 3.53. The van der Waals surface area contributed by atoms with Gasteiger partial charge in [-0.15, -0.1) is 0 Å². The van der Waals surface area contributed by atoms with Gasteiger partial charge in [-0.1, -0.05) is 34.8 Å². The number of alkyl halides is 3. The zero-order chi connectivity index (χ0) is 15.1. The van der Waals surface area contributed by atoms with E-state index >= 15 is 0 Å². The van der Waals surface area contributed by atoms with Gasteiger partial charge in [0.2, 0.25) is 0 Å². The van der Waals surface area contributed by atoms with Crippen LogP contribution in [-0.2, 0) is 6.18 Å². The molecule has 0 aliphatic rings. The van der Waals surface area contributed by atoms with E-state index in [0.717, 1.165) is 12.3 Å². The maximum atomic E-state index is 13.1. The van der Waals surface area contributed by atoms with E-state index in [1.807, 2.05) is 0 Å². The summed E-state index contributed by atoms with van der Waals surface area (Å²) in [5.41, 5.74) is 4.13. The lowest BCUT2D eigenvalue weighted by molar-refractivity contribution is -0.137. The van der Waals surface area contributed by atoms with Crippen molar-refractivity contribution in [3.63, 3.8) is 0 Å². The molecule has 20 heavy (non-hydrogen) atoms. The maximum Gasteiger partial charge on any atom is 0.417 e. The van der Waals surface area contributed by atoms with Gasteiger partial charge in [0.15, 0.2) is 0 Å². The molecule has 0 bridgehead atoms. The van der Waals surface area contributed by atoms with Crippen LogP contribution in [0.4, 0.5) is 19.0 Å². The molecule has 2 rings (SSSR count). The lowest BCUT2D eigenvalue weighted by atomic mass is 10.00. The zero-order valence-electron chi connectivity index (χ0n) is 9.60. The zero-order valence-corrected chi connectivity index (χ0v) is 11.9. The predicted molar refractivity (Wildman–Crippen MR) is 74.1 cm³/mol. The Kier molecular flexibility index (Phi) is 4.04. The standard InChI is InChI=1S/C12H6Cl3F3N2/c13-6-1-2-7(14)10(15)9(6)8-5(12(16,17)18)3-4-20-11(8)19/h1-4H,(H2,19,20). The number of hydrogen-bond donors (Lipinski definition) is 1. The summed E-state index contributed by atoms with van der Waals surface area (Å²) in [5.74, 6) is -0.328. The van der Waals surface area contributed by atoms with Gasteiger partial charge in [0, 0.05) is 17.3 Å². The summed E-state index contributed by atoms with van der Waals surface area (Å²) in [6.45, 7) is 0. The molecule has 0 atom stereocenters. The van der Waals surface area contributed by atoms with Gasteiger partial charge in [-0.3, -0.25) is 0 Å². The van der Waals surface area contributed by atoms with Crippen LogP contribution in [0.2, 0.25) is 15.1 Å². The van der Waals surface area contributed by atoms with Crippen LogP contribution in [-0.4, -0.2) is 4.98 Å². The van der Waals surface area contributed by atoms with Crippen LogP contribution in [0.3, 0.4) is 0 Å². The fourth-order valence-corrected chi connectivity index (χ4v) is 2.45. The molecular formula is C12H6Cl3F3N2. The second-order valence-corrected chi connectivity index (χ2v) is 5.03. The SMILES string of the molecule is Nc1nccc(C(F)(F)F)c1-c1c(Cl)ccc(Cl)c1Cl. The topological polar surface area (TPSA) is 38.9 Å². The molecule has 106 valence electrons. The molecule has 0 radical (unpaired) electrons. The minimum Gasteiger partial charge on any atom is -0.383 e. The average Bonchev–Trinajstić information content (AvgIpc) is 2.35. The molecular weight excluding hydrogens is 335 g/mol. The molecule has 0 amide bonds. The van der Waals surface area contributed by atoms with Crippen molar-refractivity contribution in [1.29, 1.82) is 0 Å². The van der Waals surface area contributed by atoms with Crippen molar-refractivity contribution >= 4 is 40.6 Å².